The minimum Gasteiger partial charge on any atom is -0.337 e. The fourth-order valence-corrected chi connectivity index (χ4v) is 1.08. The first-order valence-electron chi connectivity index (χ1n) is 4.05. The first-order chi connectivity index (χ1) is 6.87. The second-order valence-electron chi connectivity index (χ2n) is 2.90. The summed E-state index contributed by atoms with van der Waals surface area (Å²) in [7, 11) is 1.31. The Labute approximate surface area is 83.8 Å². The molecule has 0 aromatic carbocycles. The van der Waals surface area contributed by atoms with Gasteiger partial charge in [0.15, 0.2) is 6.20 Å². The average Bonchev–Trinajstić information content (AvgIpc) is 2.49. The number of carbonyl (C=O) groups is 1. The number of alkyl halides is 3. The summed E-state index contributed by atoms with van der Waals surface area (Å²) in [6, 6.07) is -0.733. The van der Waals surface area contributed by atoms with Crippen molar-refractivity contribution in [2.75, 3.05) is 13.6 Å². The van der Waals surface area contributed by atoms with E-state index in [0.717, 1.165) is 6.20 Å². The lowest BCUT2D eigenvalue weighted by Crippen LogP contribution is -2.57. The van der Waals surface area contributed by atoms with Crippen LogP contribution in [0.25, 0.3) is 0 Å². The number of nitrogens with one attached hydrogen (secondary N) is 2. The van der Waals surface area contributed by atoms with Gasteiger partial charge >= 0.3 is 12.2 Å². The monoisotopic (exact) mass is 223 g/mol. The lowest BCUT2D eigenvalue weighted by atomic mass is 10.5. The number of halogens is 3. The average molecular weight is 223 g/mol. The fraction of sp³-hybridized carbons (Fsp3) is 0.429. The third kappa shape index (κ3) is 3.24. The topological polar surface area (TPSA) is 53.5 Å². The molecule has 8 heteroatoms. The van der Waals surface area contributed by atoms with Gasteiger partial charge in [-0.15, -0.1) is 0 Å². The van der Waals surface area contributed by atoms with Crippen molar-refractivity contribution < 1.29 is 22.7 Å². The molecule has 1 rings (SSSR count). The van der Waals surface area contributed by atoms with Gasteiger partial charge in [0.1, 0.15) is 0 Å². The number of allylic oxidation sites excluding steroid dienone is 1. The number of hydrogen-bond donors (Lipinski definition) is 2. The van der Waals surface area contributed by atoms with E-state index in [-0.39, 0.29) is 0 Å². The van der Waals surface area contributed by atoms with Gasteiger partial charge in [-0.05, 0) is 0 Å². The minimum atomic E-state index is -4.42. The number of hydrogen-bond acceptors (Lipinski definition) is 2. The molecule has 15 heavy (non-hydrogen) atoms. The summed E-state index contributed by atoms with van der Waals surface area (Å²) in [6.07, 6.45) is -0.751. The molecular weight excluding hydrogens is 213 g/mol. The quantitative estimate of drug-likeness (QED) is 0.666. The minimum absolute atomic E-state index is 0.733. The SMILES string of the molecule is CNC(=O)N[N+]1(CC(F)(F)F)C=CC=N1. The molecule has 0 spiro atoms. The summed E-state index contributed by atoms with van der Waals surface area (Å²) < 4.78 is 35.6. The highest BCUT2D eigenvalue weighted by Gasteiger charge is 2.44. The second-order valence-corrected chi connectivity index (χ2v) is 2.90. The van der Waals surface area contributed by atoms with E-state index in [4.69, 9.17) is 0 Å². The Morgan fingerprint density at radius 1 is 1.53 bits per heavy atom. The van der Waals surface area contributed by atoms with Gasteiger partial charge in [-0.25, -0.2) is 4.79 Å². The third-order valence-electron chi connectivity index (χ3n) is 1.63. The van der Waals surface area contributed by atoms with E-state index in [0.29, 0.717) is 0 Å². The summed E-state index contributed by atoms with van der Waals surface area (Å²) in [6.45, 7) is -1.28. The number of amides is 2. The number of quaternary nitrogens is 1. The standard InChI is InChI=1S/C7H9F3N4O/c1-11-6(15)13-14(4-2-3-12-14)5-7(8,9)10/h2-4H,5H2,1H3,(H-,11,13,15)/p+1. The molecule has 2 amide bonds. The van der Waals surface area contributed by atoms with E-state index in [9.17, 15) is 18.0 Å². The Hall–Kier alpha value is -1.57. The molecule has 2 N–H and O–H groups in total. The summed E-state index contributed by atoms with van der Waals surface area (Å²) in [5, 5.41) is 5.71. The van der Waals surface area contributed by atoms with Crippen LogP contribution in [0.15, 0.2) is 17.4 Å². The van der Waals surface area contributed by atoms with E-state index in [1.165, 1.54) is 19.3 Å². The van der Waals surface area contributed by atoms with Gasteiger partial charge in [0.2, 0.25) is 6.54 Å². The van der Waals surface area contributed by atoms with Gasteiger partial charge in [0, 0.05) is 13.1 Å². The second kappa shape index (κ2) is 3.89. The van der Waals surface area contributed by atoms with Crippen molar-refractivity contribution in [2.24, 2.45) is 5.10 Å². The number of rotatable bonds is 2. The Morgan fingerprint density at radius 3 is 2.60 bits per heavy atom. The molecule has 1 heterocycles. The fourth-order valence-electron chi connectivity index (χ4n) is 1.08. The molecule has 5 nitrogen and oxygen atoms in total. The van der Waals surface area contributed by atoms with E-state index in [2.05, 4.69) is 15.8 Å². The zero-order chi connectivity index (χ0) is 11.5. The molecule has 1 atom stereocenters. The van der Waals surface area contributed by atoms with Gasteiger partial charge < -0.3 is 5.32 Å². The van der Waals surface area contributed by atoms with E-state index in [1.807, 2.05) is 0 Å². The summed E-state index contributed by atoms with van der Waals surface area (Å²) in [5.41, 5.74) is 2.08. The Morgan fingerprint density at radius 2 is 2.20 bits per heavy atom. The molecule has 1 aliphatic rings. The maximum absolute atomic E-state index is 12.2. The highest BCUT2D eigenvalue weighted by atomic mass is 19.4. The zero-order valence-electron chi connectivity index (χ0n) is 7.88. The molecule has 0 saturated heterocycles. The normalized spacial score (nSPS) is 24.3. The van der Waals surface area contributed by atoms with Crippen molar-refractivity contribution in [3.05, 3.63) is 12.3 Å². The zero-order valence-corrected chi connectivity index (χ0v) is 7.88. The Bertz CT molecular complexity index is 298. The summed E-state index contributed by atoms with van der Waals surface area (Å²) in [5.74, 6) is 0. The smallest absolute Gasteiger partial charge is 0.337 e. The van der Waals surface area contributed by atoms with E-state index in [1.54, 1.807) is 0 Å². The van der Waals surface area contributed by atoms with Crippen LogP contribution in [-0.4, -0.2) is 36.7 Å². The first-order valence-corrected chi connectivity index (χ1v) is 4.05. The van der Waals surface area contributed by atoms with E-state index >= 15 is 0 Å². The predicted molar refractivity (Wildman–Crippen MR) is 46.4 cm³/mol. The number of carbonyl (C=O) groups excluding carboxylic acids is 1. The highest BCUT2D eigenvalue weighted by molar-refractivity contribution is 5.74. The van der Waals surface area contributed by atoms with Crippen molar-refractivity contribution >= 4 is 12.2 Å². The maximum atomic E-state index is 12.2. The van der Waals surface area contributed by atoms with Crippen molar-refractivity contribution in [2.45, 2.75) is 6.18 Å². The van der Waals surface area contributed by atoms with Crippen LogP contribution in [-0.2, 0) is 0 Å². The Balaban J connectivity index is 2.77. The van der Waals surface area contributed by atoms with Crippen molar-refractivity contribution in [3.8, 4) is 0 Å². The van der Waals surface area contributed by atoms with Gasteiger partial charge in [0.25, 0.3) is 0 Å². The number of nitrogens with zero attached hydrogens (tertiary/aromatic N) is 2. The van der Waals surface area contributed by atoms with Crippen LogP contribution >= 0.6 is 0 Å². The maximum Gasteiger partial charge on any atom is 0.443 e. The highest BCUT2D eigenvalue weighted by Crippen LogP contribution is 2.22. The lowest BCUT2D eigenvalue weighted by Gasteiger charge is -2.25. The molecule has 1 unspecified atom stereocenters. The molecule has 0 aliphatic carbocycles. The van der Waals surface area contributed by atoms with Crippen molar-refractivity contribution in [1.82, 2.24) is 10.7 Å². The van der Waals surface area contributed by atoms with Crippen molar-refractivity contribution in [3.63, 3.8) is 0 Å². The molecule has 0 radical (unpaired) electrons. The lowest BCUT2D eigenvalue weighted by molar-refractivity contribution is -0.927. The van der Waals surface area contributed by atoms with Crippen LogP contribution in [0.1, 0.15) is 0 Å². The van der Waals surface area contributed by atoms with Gasteiger partial charge in [-0.1, -0.05) is 9.80 Å². The van der Waals surface area contributed by atoms with Crippen LogP contribution in [0.2, 0.25) is 0 Å². The van der Waals surface area contributed by atoms with Gasteiger partial charge in [-0.3, -0.25) is 0 Å². The molecular formula is C7H10F3N4O+. The third-order valence-corrected chi connectivity index (χ3v) is 1.63. The molecule has 0 aromatic rings. The van der Waals surface area contributed by atoms with Crippen LogP contribution in [0.3, 0.4) is 0 Å². The van der Waals surface area contributed by atoms with Crippen molar-refractivity contribution in [1.29, 1.82) is 0 Å². The van der Waals surface area contributed by atoms with Crippen LogP contribution in [0, 0.1) is 0 Å². The van der Waals surface area contributed by atoms with Gasteiger partial charge in [-0.2, -0.15) is 18.6 Å². The number of urea groups is 1. The molecule has 0 bridgehead atoms. The summed E-state index contributed by atoms with van der Waals surface area (Å²) in [4.78, 5) is 10.9. The first kappa shape index (κ1) is 11.5. The Kier molecular flexibility index (Phi) is 2.98. The van der Waals surface area contributed by atoms with E-state index < -0.39 is 23.5 Å². The van der Waals surface area contributed by atoms with Crippen LogP contribution < -0.4 is 10.7 Å². The summed E-state index contributed by atoms with van der Waals surface area (Å²) >= 11 is 0. The molecule has 0 aromatic heterocycles. The molecule has 0 fully saturated rings. The van der Waals surface area contributed by atoms with Crippen LogP contribution in [0.4, 0.5) is 18.0 Å². The largest absolute Gasteiger partial charge is 0.443 e. The molecule has 0 saturated carbocycles. The molecule has 84 valence electrons. The van der Waals surface area contributed by atoms with Crippen LogP contribution in [0.5, 0.6) is 0 Å². The predicted octanol–water partition coefficient (Wildman–Crippen LogP) is 0.723. The molecule has 1 aliphatic heterocycles. The van der Waals surface area contributed by atoms with Gasteiger partial charge in [0.05, 0.1) is 6.21 Å².